The molecule has 0 aliphatic carbocycles. The molecule has 1 atom stereocenters. The molecule has 0 aromatic heterocycles. The second-order valence-corrected chi connectivity index (χ2v) is 8.45. The molecule has 1 saturated heterocycles. The highest BCUT2D eigenvalue weighted by Gasteiger charge is 2.50. The number of amides is 3. The maximum Gasteiger partial charge on any atom is 0.325 e. The Balaban J connectivity index is 1.92. The van der Waals surface area contributed by atoms with E-state index in [0.717, 1.165) is 27.2 Å². The average Bonchev–Trinajstić information content (AvgIpc) is 2.86. The fourth-order valence-corrected chi connectivity index (χ4v) is 4.25. The standard InChI is InChI=1S/C22H22Cl2N2O3/c1-11-8-16(14(4)13(3)12(11)2)19(27)10-26-20(28)22(5,25-21(26)29)17-7-6-15(23)9-18(17)24/h6-9H,10H2,1-5H3,(H,25,29). The van der Waals surface area contributed by atoms with Crippen LogP contribution in [0.5, 0.6) is 0 Å². The first-order chi connectivity index (χ1) is 13.5. The van der Waals surface area contributed by atoms with Gasteiger partial charge in [-0.15, -0.1) is 0 Å². The van der Waals surface area contributed by atoms with Crippen LogP contribution in [0.15, 0.2) is 24.3 Å². The lowest BCUT2D eigenvalue weighted by molar-refractivity contribution is -0.130. The highest BCUT2D eigenvalue weighted by molar-refractivity contribution is 6.35. The summed E-state index contributed by atoms with van der Waals surface area (Å²) < 4.78 is 0. The summed E-state index contributed by atoms with van der Waals surface area (Å²) >= 11 is 12.2. The smallest absolute Gasteiger partial charge is 0.319 e. The van der Waals surface area contributed by atoms with Gasteiger partial charge in [0, 0.05) is 21.2 Å². The summed E-state index contributed by atoms with van der Waals surface area (Å²) in [6.45, 7) is 9.00. The fourth-order valence-electron chi connectivity index (χ4n) is 3.65. The molecule has 5 nitrogen and oxygen atoms in total. The Morgan fingerprint density at radius 2 is 1.69 bits per heavy atom. The number of halogens is 2. The van der Waals surface area contributed by atoms with E-state index in [0.29, 0.717) is 16.1 Å². The summed E-state index contributed by atoms with van der Waals surface area (Å²) in [7, 11) is 0. The second kappa shape index (κ2) is 7.47. The van der Waals surface area contributed by atoms with E-state index in [9.17, 15) is 14.4 Å². The normalized spacial score (nSPS) is 18.9. The number of imide groups is 1. The Morgan fingerprint density at radius 3 is 2.31 bits per heavy atom. The number of hydrogen-bond donors (Lipinski definition) is 1. The molecule has 3 amide bonds. The number of carbonyl (C=O) groups is 3. The lowest BCUT2D eigenvalue weighted by Gasteiger charge is -2.23. The SMILES string of the molecule is Cc1cc(C(=O)CN2C(=O)NC(C)(c3ccc(Cl)cc3Cl)C2=O)c(C)c(C)c1C. The summed E-state index contributed by atoms with van der Waals surface area (Å²) in [5.41, 5.74) is 3.58. The van der Waals surface area contributed by atoms with Gasteiger partial charge in [-0.3, -0.25) is 14.5 Å². The number of aryl methyl sites for hydroxylation is 1. The molecule has 1 unspecified atom stereocenters. The summed E-state index contributed by atoms with van der Waals surface area (Å²) in [6, 6.07) is 5.90. The van der Waals surface area contributed by atoms with E-state index >= 15 is 0 Å². The molecule has 29 heavy (non-hydrogen) atoms. The van der Waals surface area contributed by atoms with Crippen LogP contribution < -0.4 is 5.32 Å². The number of urea groups is 1. The van der Waals surface area contributed by atoms with Gasteiger partial charge in [-0.05, 0) is 75.1 Å². The number of rotatable bonds is 4. The van der Waals surface area contributed by atoms with Crippen LogP contribution in [0.3, 0.4) is 0 Å². The zero-order valence-electron chi connectivity index (χ0n) is 16.9. The molecule has 0 spiro atoms. The van der Waals surface area contributed by atoms with Crippen molar-refractivity contribution in [2.24, 2.45) is 0 Å². The van der Waals surface area contributed by atoms with Gasteiger partial charge >= 0.3 is 6.03 Å². The van der Waals surface area contributed by atoms with Crippen LogP contribution in [0.2, 0.25) is 10.0 Å². The van der Waals surface area contributed by atoms with Crippen LogP contribution in [0.25, 0.3) is 0 Å². The molecule has 1 fully saturated rings. The minimum absolute atomic E-state index is 0.266. The molecule has 0 bridgehead atoms. The van der Waals surface area contributed by atoms with E-state index in [1.807, 2.05) is 33.8 Å². The molecule has 152 valence electrons. The maximum absolute atomic E-state index is 13.1. The lowest BCUT2D eigenvalue weighted by Crippen LogP contribution is -2.41. The van der Waals surface area contributed by atoms with Gasteiger partial charge in [0.05, 0.1) is 6.54 Å². The third kappa shape index (κ3) is 3.53. The Bertz CT molecular complexity index is 1060. The van der Waals surface area contributed by atoms with Crippen LogP contribution >= 0.6 is 23.2 Å². The predicted octanol–water partition coefficient (Wildman–Crippen LogP) is 4.88. The number of Topliss-reactive ketones (excluding diaryl/α,β-unsaturated/α-hetero) is 1. The van der Waals surface area contributed by atoms with Gasteiger partial charge in [0.25, 0.3) is 5.91 Å². The van der Waals surface area contributed by atoms with Gasteiger partial charge in [-0.1, -0.05) is 29.3 Å². The summed E-state index contributed by atoms with van der Waals surface area (Å²) in [5.74, 6) is -0.818. The molecule has 0 radical (unpaired) electrons. The van der Waals surface area contributed by atoms with Crippen molar-refractivity contribution in [1.82, 2.24) is 10.2 Å². The zero-order valence-corrected chi connectivity index (χ0v) is 18.5. The number of carbonyl (C=O) groups excluding carboxylic acids is 3. The van der Waals surface area contributed by atoms with E-state index < -0.39 is 17.5 Å². The van der Waals surface area contributed by atoms with Crippen molar-refractivity contribution in [3.8, 4) is 0 Å². The monoisotopic (exact) mass is 432 g/mol. The highest BCUT2D eigenvalue weighted by atomic mass is 35.5. The quantitative estimate of drug-likeness (QED) is 0.552. The fraction of sp³-hybridized carbons (Fsp3) is 0.318. The molecule has 3 rings (SSSR count). The number of hydrogen-bond acceptors (Lipinski definition) is 3. The van der Waals surface area contributed by atoms with Crippen LogP contribution in [-0.4, -0.2) is 29.2 Å². The van der Waals surface area contributed by atoms with E-state index in [-0.39, 0.29) is 17.4 Å². The molecule has 1 aliphatic rings. The van der Waals surface area contributed by atoms with E-state index in [1.165, 1.54) is 6.07 Å². The number of benzene rings is 2. The van der Waals surface area contributed by atoms with Crippen molar-refractivity contribution in [2.75, 3.05) is 6.54 Å². The van der Waals surface area contributed by atoms with Crippen LogP contribution in [-0.2, 0) is 10.3 Å². The van der Waals surface area contributed by atoms with Gasteiger partial charge in [0.1, 0.15) is 5.54 Å². The third-order valence-electron chi connectivity index (χ3n) is 5.83. The van der Waals surface area contributed by atoms with Crippen LogP contribution in [0, 0.1) is 27.7 Å². The molecule has 7 heteroatoms. The molecule has 0 saturated carbocycles. The maximum atomic E-state index is 13.1. The molecular formula is C22H22Cl2N2O3. The van der Waals surface area contributed by atoms with Gasteiger partial charge in [-0.2, -0.15) is 0 Å². The zero-order chi connectivity index (χ0) is 21.7. The highest BCUT2D eigenvalue weighted by Crippen LogP contribution is 2.35. The number of ketones is 1. The molecule has 1 N–H and O–H groups in total. The molecule has 1 aliphatic heterocycles. The van der Waals surface area contributed by atoms with Crippen LogP contribution in [0.4, 0.5) is 4.79 Å². The second-order valence-electron chi connectivity index (χ2n) is 7.61. The summed E-state index contributed by atoms with van der Waals surface area (Å²) in [5, 5.41) is 3.36. The van der Waals surface area contributed by atoms with E-state index in [1.54, 1.807) is 19.1 Å². The van der Waals surface area contributed by atoms with Crippen molar-refractivity contribution >= 4 is 40.9 Å². The molecule has 2 aromatic carbocycles. The van der Waals surface area contributed by atoms with Gasteiger partial charge in [0.15, 0.2) is 5.78 Å². The third-order valence-corrected chi connectivity index (χ3v) is 6.38. The Hall–Kier alpha value is -2.37. The van der Waals surface area contributed by atoms with Crippen LogP contribution in [0.1, 0.15) is 45.1 Å². The minimum Gasteiger partial charge on any atom is -0.319 e. The predicted molar refractivity (Wildman–Crippen MR) is 114 cm³/mol. The molecular weight excluding hydrogens is 411 g/mol. The van der Waals surface area contributed by atoms with Gasteiger partial charge in [0.2, 0.25) is 0 Å². The van der Waals surface area contributed by atoms with E-state index in [2.05, 4.69) is 5.32 Å². The van der Waals surface area contributed by atoms with E-state index in [4.69, 9.17) is 23.2 Å². The average molecular weight is 433 g/mol. The van der Waals surface area contributed by atoms with Gasteiger partial charge < -0.3 is 5.32 Å². The number of nitrogens with zero attached hydrogens (tertiary/aromatic N) is 1. The first-order valence-corrected chi connectivity index (χ1v) is 9.93. The number of nitrogens with one attached hydrogen (secondary N) is 1. The Morgan fingerprint density at radius 1 is 1.03 bits per heavy atom. The first-order valence-electron chi connectivity index (χ1n) is 9.17. The Labute approximate surface area is 180 Å². The largest absolute Gasteiger partial charge is 0.325 e. The van der Waals surface area contributed by atoms with Crippen molar-refractivity contribution in [1.29, 1.82) is 0 Å². The lowest BCUT2D eigenvalue weighted by atomic mass is 9.91. The minimum atomic E-state index is -1.37. The van der Waals surface area contributed by atoms with Crippen molar-refractivity contribution in [3.63, 3.8) is 0 Å². The van der Waals surface area contributed by atoms with Gasteiger partial charge in [-0.25, -0.2) is 4.79 Å². The summed E-state index contributed by atoms with van der Waals surface area (Å²) in [4.78, 5) is 39.6. The van der Waals surface area contributed by atoms with Crippen molar-refractivity contribution in [2.45, 2.75) is 40.2 Å². The van der Waals surface area contributed by atoms with Crippen molar-refractivity contribution in [3.05, 3.63) is 67.7 Å². The Kier molecular flexibility index (Phi) is 5.50. The first kappa shape index (κ1) is 21.3. The van der Waals surface area contributed by atoms with Crippen molar-refractivity contribution < 1.29 is 14.4 Å². The molecule has 1 heterocycles. The topological polar surface area (TPSA) is 66.5 Å². The summed E-state index contributed by atoms with van der Waals surface area (Å²) in [6.07, 6.45) is 0. The molecule has 2 aromatic rings.